The van der Waals surface area contributed by atoms with E-state index in [2.05, 4.69) is 69.8 Å². The molecule has 0 aromatic carbocycles. The van der Waals surface area contributed by atoms with Crippen molar-refractivity contribution < 1.29 is 0 Å². The van der Waals surface area contributed by atoms with Gasteiger partial charge < -0.3 is 0 Å². The zero-order valence-corrected chi connectivity index (χ0v) is 12.1. The first-order valence-electron chi connectivity index (χ1n) is 2.63. The van der Waals surface area contributed by atoms with Gasteiger partial charge in [-0.1, -0.05) is 26.2 Å². The minimum atomic E-state index is -0.763. The predicted molar refractivity (Wildman–Crippen MR) is 63.0 cm³/mol. The summed E-state index contributed by atoms with van der Waals surface area (Å²) in [6.45, 7) is 9.80. The Hall–Kier alpha value is 1.89. The van der Waals surface area contributed by atoms with Crippen LogP contribution in [0.4, 0.5) is 0 Å². The van der Waals surface area contributed by atoms with Crippen LogP contribution in [0.2, 0.25) is 26.2 Å². The molecule has 0 aliphatic carbocycles. The highest BCUT2D eigenvalue weighted by Gasteiger charge is 2.36. The summed E-state index contributed by atoms with van der Waals surface area (Å²) in [5.41, 5.74) is 0. The SMILES string of the molecule is C[Si](C)(I)[Si](C)(C)I. The molecule has 0 aliphatic heterocycles. The fraction of sp³-hybridized carbons (Fsp3) is 1.00. The van der Waals surface area contributed by atoms with Gasteiger partial charge in [-0.05, 0) is 0 Å². The molecule has 4 heteroatoms. The zero-order chi connectivity index (χ0) is 7.00. The second-order valence-corrected chi connectivity index (χ2v) is 38.6. The van der Waals surface area contributed by atoms with Gasteiger partial charge in [0, 0.05) is 0 Å². The Morgan fingerprint density at radius 1 is 0.750 bits per heavy atom. The molecule has 0 spiro atoms. The lowest BCUT2D eigenvalue weighted by Crippen LogP contribution is -2.43. The summed E-state index contributed by atoms with van der Waals surface area (Å²) in [5, 5.41) is -1.53. The highest BCUT2D eigenvalue weighted by molar-refractivity contribution is 14.2. The van der Waals surface area contributed by atoms with Gasteiger partial charge in [0.2, 0.25) is 0 Å². The van der Waals surface area contributed by atoms with E-state index in [1.54, 1.807) is 0 Å². The van der Waals surface area contributed by atoms with Crippen molar-refractivity contribution in [3.8, 4) is 0 Å². The van der Waals surface area contributed by atoms with E-state index in [1.165, 1.54) is 0 Å². The van der Waals surface area contributed by atoms with Gasteiger partial charge >= 0.3 is 0 Å². The van der Waals surface area contributed by atoms with E-state index >= 15 is 0 Å². The molecular weight excluding hydrogens is 358 g/mol. The third kappa shape index (κ3) is 3.16. The van der Waals surface area contributed by atoms with Crippen LogP contribution < -0.4 is 0 Å². The van der Waals surface area contributed by atoms with Crippen molar-refractivity contribution in [3.05, 3.63) is 0 Å². The summed E-state index contributed by atoms with van der Waals surface area (Å²) in [7, 11) is 0. The van der Waals surface area contributed by atoms with Crippen molar-refractivity contribution in [1.29, 1.82) is 0 Å². The van der Waals surface area contributed by atoms with Crippen molar-refractivity contribution in [2.45, 2.75) is 26.2 Å². The third-order valence-electron chi connectivity index (χ3n) is 1.41. The van der Waals surface area contributed by atoms with Crippen molar-refractivity contribution >= 4 is 53.8 Å². The van der Waals surface area contributed by atoms with Crippen LogP contribution in [0.25, 0.3) is 0 Å². The fourth-order valence-corrected chi connectivity index (χ4v) is 0. The molecule has 8 heavy (non-hydrogen) atoms. The summed E-state index contributed by atoms with van der Waals surface area (Å²) in [6, 6.07) is 0. The van der Waals surface area contributed by atoms with Crippen molar-refractivity contribution in [3.63, 3.8) is 0 Å². The van der Waals surface area contributed by atoms with Gasteiger partial charge in [-0.2, -0.15) is 0 Å². The van der Waals surface area contributed by atoms with Crippen LogP contribution in [0.3, 0.4) is 0 Å². The molecule has 0 heterocycles. The van der Waals surface area contributed by atoms with Crippen molar-refractivity contribution in [1.82, 2.24) is 0 Å². The first kappa shape index (κ1) is 9.89. The monoisotopic (exact) mass is 370 g/mol. The van der Waals surface area contributed by atoms with Crippen LogP contribution >= 0.6 is 43.6 Å². The molecule has 0 nitrogen and oxygen atoms in total. The van der Waals surface area contributed by atoms with Crippen LogP contribution in [-0.2, 0) is 0 Å². The van der Waals surface area contributed by atoms with E-state index in [4.69, 9.17) is 0 Å². The zero-order valence-electron chi connectivity index (χ0n) is 5.76. The minimum absolute atomic E-state index is 0.763. The van der Waals surface area contributed by atoms with Gasteiger partial charge in [0.1, 0.15) is 10.2 Å². The van der Waals surface area contributed by atoms with Gasteiger partial charge in [-0.25, -0.2) is 0 Å². The van der Waals surface area contributed by atoms with Gasteiger partial charge in [0.05, 0.1) is 0 Å². The van der Waals surface area contributed by atoms with Crippen LogP contribution in [0.1, 0.15) is 0 Å². The number of halogens is 2. The smallest absolute Gasteiger partial charge is 0.122 e. The van der Waals surface area contributed by atoms with Gasteiger partial charge in [0.25, 0.3) is 0 Å². The molecule has 0 aromatic rings. The largest absolute Gasteiger partial charge is 0.123 e. The van der Waals surface area contributed by atoms with E-state index in [0.29, 0.717) is 0 Å². The average molecular weight is 370 g/mol. The summed E-state index contributed by atoms with van der Waals surface area (Å²) < 4.78 is 0. The Balaban J connectivity index is 4.02. The highest BCUT2D eigenvalue weighted by Crippen LogP contribution is 2.30. The van der Waals surface area contributed by atoms with Gasteiger partial charge in [-0.3, -0.25) is 0 Å². The average Bonchev–Trinajstić information content (AvgIpc) is 1.25. The number of hydrogen-bond donors (Lipinski definition) is 0. The topological polar surface area (TPSA) is 0 Å². The first-order chi connectivity index (χ1) is 3.25. The molecule has 0 N–H and O–H groups in total. The van der Waals surface area contributed by atoms with Crippen LogP contribution in [0.15, 0.2) is 0 Å². The Kier molecular flexibility index (Phi) is 3.55. The Labute approximate surface area is 79.1 Å². The number of rotatable bonds is 1. The molecular formula is C4H12I2Si2. The normalized spacial score (nSPS) is 14.2. The molecule has 0 amide bonds. The Bertz CT molecular complexity index is 67.0. The maximum absolute atomic E-state index is 2.68. The molecule has 0 fully saturated rings. The Morgan fingerprint density at radius 3 is 0.875 bits per heavy atom. The molecule has 50 valence electrons. The lowest BCUT2D eigenvalue weighted by Gasteiger charge is -2.26. The molecule has 0 bridgehead atoms. The summed E-state index contributed by atoms with van der Waals surface area (Å²) >= 11 is 5.35. The predicted octanol–water partition coefficient (Wildman–Crippen LogP) is 3.35. The second-order valence-electron chi connectivity index (χ2n) is 2.94. The summed E-state index contributed by atoms with van der Waals surface area (Å²) in [6.07, 6.45) is 0. The summed E-state index contributed by atoms with van der Waals surface area (Å²) in [5.74, 6) is 0. The molecule has 0 rings (SSSR count). The fourth-order valence-electron chi connectivity index (χ4n) is 0. The molecule has 0 saturated heterocycles. The molecule has 0 aliphatic rings. The van der Waals surface area contributed by atoms with Crippen LogP contribution in [0.5, 0.6) is 0 Å². The molecule has 0 atom stereocenters. The van der Waals surface area contributed by atoms with E-state index in [-0.39, 0.29) is 0 Å². The standard InChI is InChI=1S/C4H12I2Si2/c1-7(2,5)8(3,4)6/h1-4H3. The molecule has 0 unspecified atom stereocenters. The highest BCUT2D eigenvalue weighted by atomic mass is 127. The van der Waals surface area contributed by atoms with Crippen molar-refractivity contribution in [2.24, 2.45) is 0 Å². The maximum atomic E-state index is 2.68. The number of hydrogen-bond acceptors (Lipinski definition) is 0. The Morgan fingerprint density at radius 2 is 0.875 bits per heavy atom. The lowest BCUT2D eigenvalue weighted by molar-refractivity contribution is 1.96. The minimum Gasteiger partial charge on any atom is -0.122 e. The molecule has 0 radical (unpaired) electrons. The van der Waals surface area contributed by atoms with Crippen LogP contribution in [0, 0.1) is 0 Å². The van der Waals surface area contributed by atoms with E-state index in [9.17, 15) is 0 Å². The molecule has 0 saturated carbocycles. The first-order valence-corrected chi connectivity index (χ1v) is 15.9. The lowest BCUT2D eigenvalue weighted by atomic mass is 11.9. The van der Waals surface area contributed by atoms with Gasteiger partial charge in [-0.15, -0.1) is 43.6 Å². The van der Waals surface area contributed by atoms with Crippen molar-refractivity contribution in [2.75, 3.05) is 0 Å². The van der Waals surface area contributed by atoms with E-state index < -0.39 is 10.2 Å². The second kappa shape index (κ2) is 2.87. The van der Waals surface area contributed by atoms with Crippen LogP contribution in [-0.4, -0.2) is 10.2 Å². The quantitative estimate of drug-likeness (QED) is 0.377. The van der Waals surface area contributed by atoms with E-state index in [1.807, 2.05) is 0 Å². The maximum Gasteiger partial charge on any atom is 0.123 e. The molecule has 0 aromatic heterocycles. The van der Waals surface area contributed by atoms with E-state index in [0.717, 1.165) is 0 Å². The third-order valence-corrected chi connectivity index (χ3v) is 46.3. The van der Waals surface area contributed by atoms with Gasteiger partial charge in [0.15, 0.2) is 0 Å². The summed E-state index contributed by atoms with van der Waals surface area (Å²) in [4.78, 5) is 0.